The van der Waals surface area contributed by atoms with Crippen molar-refractivity contribution in [2.24, 2.45) is 0 Å². The molecule has 0 aliphatic carbocycles. The molecule has 2 rings (SSSR count). The number of benzene rings is 1. The lowest BCUT2D eigenvalue weighted by molar-refractivity contribution is -0.137. The number of ether oxygens (including phenoxy) is 1. The molecule has 1 aromatic rings. The van der Waals surface area contributed by atoms with Crippen molar-refractivity contribution >= 4 is 23.2 Å². The maximum absolute atomic E-state index is 12.8. The summed E-state index contributed by atoms with van der Waals surface area (Å²) < 4.78 is 44.1. The standard InChI is InChI=1S/C16H20ClF3N2O2/c1-22(9-12-4-2-3-7-24-12)10-15(23)21-11-5-6-14(17)13(8-11)16(18,19)20/h5-6,8,12H,2-4,7,9-10H2,1H3,(H,21,23). The van der Waals surface area contributed by atoms with Crippen LogP contribution in [0.15, 0.2) is 18.2 Å². The zero-order chi connectivity index (χ0) is 17.7. The van der Waals surface area contributed by atoms with Crippen LogP contribution >= 0.6 is 11.6 Å². The second-order valence-corrected chi connectivity index (χ2v) is 6.33. The van der Waals surface area contributed by atoms with Gasteiger partial charge in [-0.25, -0.2) is 0 Å². The fourth-order valence-corrected chi connectivity index (χ4v) is 2.85. The van der Waals surface area contributed by atoms with E-state index in [4.69, 9.17) is 16.3 Å². The molecule has 0 aromatic heterocycles. The zero-order valence-electron chi connectivity index (χ0n) is 13.3. The minimum Gasteiger partial charge on any atom is -0.377 e. The predicted octanol–water partition coefficient (Wildman–Crippen LogP) is 3.80. The van der Waals surface area contributed by atoms with E-state index >= 15 is 0 Å². The Morgan fingerprint density at radius 1 is 1.42 bits per heavy atom. The molecule has 1 aliphatic rings. The van der Waals surface area contributed by atoms with Gasteiger partial charge in [0.15, 0.2) is 0 Å². The first-order valence-electron chi connectivity index (χ1n) is 7.72. The molecule has 0 spiro atoms. The van der Waals surface area contributed by atoms with Gasteiger partial charge in [0.25, 0.3) is 0 Å². The third-order valence-electron chi connectivity index (χ3n) is 3.76. The van der Waals surface area contributed by atoms with Gasteiger partial charge in [-0.1, -0.05) is 11.6 Å². The number of halogens is 4. The zero-order valence-corrected chi connectivity index (χ0v) is 14.1. The summed E-state index contributed by atoms with van der Waals surface area (Å²) in [5, 5.41) is 2.07. The van der Waals surface area contributed by atoms with Gasteiger partial charge in [0.2, 0.25) is 5.91 Å². The highest BCUT2D eigenvalue weighted by Crippen LogP contribution is 2.36. The second-order valence-electron chi connectivity index (χ2n) is 5.93. The molecule has 1 heterocycles. The van der Waals surface area contributed by atoms with Crippen LogP contribution in [0.3, 0.4) is 0 Å². The van der Waals surface area contributed by atoms with E-state index in [0.29, 0.717) is 6.54 Å². The normalized spacial score (nSPS) is 18.7. The summed E-state index contributed by atoms with van der Waals surface area (Å²) in [6, 6.07) is 3.31. The molecule has 8 heteroatoms. The number of nitrogens with zero attached hydrogens (tertiary/aromatic N) is 1. The highest BCUT2D eigenvalue weighted by Gasteiger charge is 2.33. The highest BCUT2D eigenvalue weighted by molar-refractivity contribution is 6.31. The number of carbonyl (C=O) groups is 1. The van der Waals surface area contributed by atoms with Crippen molar-refractivity contribution in [1.82, 2.24) is 4.90 Å². The average Bonchev–Trinajstić information content (AvgIpc) is 2.48. The number of hydrogen-bond donors (Lipinski definition) is 1. The Kier molecular flexibility index (Phi) is 6.48. The molecule has 1 amide bonds. The van der Waals surface area contributed by atoms with E-state index in [1.807, 2.05) is 0 Å². The van der Waals surface area contributed by atoms with Crippen LogP contribution in [0.4, 0.5) is 18.9 Å². The molecule has 1 N–H and O–H groups in total. The van der Waals surface area contributed by atoms with Gasteiger partial charge < -0.3 is 10.1 Å². The number of rotatable bonds is 5. The molecule has 24 heavy (non-hydrogen) atoms. The van der Waals surface area contributed by atoms with Crippen LogP contribution in [0.2, 0.25) is 5.02 Å². The molecular weight excluding hydrogens is 345 g/mol. The Labute approximate surface area is 143 Å². The van der Waals surface area contributed by atoms with Gasteiger partial charge in [0, 0.05) is 18.8 Å². The summed E-state index contributed by atoms with van der Waals surface area (Å²) in [5.41, 5.74) is -0.898. The minimum absolute atomic E-state index is 0.0686. The first-order chi connectivity index (χ1) is 11.3. The molecule has 134 valence electrons. The Bertz CT molecular complexity index is 575. The number of anilines is 1. The Hall–Kier alpha value is -1.31. The second kappa shape index (κ2) is 8.18. The summed E-state index contributed by atoms with van der Waals surface area (Å²) in [7, 11) is 1.78. The molecule has 4 nitrogen and oxygen atoms in total. The van der Waals surface area contributed by atoms with Crippen LogP contribution < -0.4 is 5.32 Å². The molecule has 1 aliphatic heterocycles. The lowest BCUT2D eigenvalue weighted by atomic mass is 10.1. The van der Waals surface area contributed by atoms with E-state index in [2.05, 4.69) is 5.32 Å². The van der Waals surface area contributed by atoms with Gasteiger partial charge in [0.1, 0.15) is 0 Å². The first-order valence-corrected chi connectivity index (χ1v) is 8.10. The van der Waals surface area contributed by atoms with Gasteiger partial charge in [-0.2, -0.15) is 13.2 Å². The molecule has 1 saturated heterocycles. The van der Waals surface area contributed by atoms with Crippen LogP contribution in [0.1, 0.15) is 24.8 Å². The smallest absolute Gasteiger partial charge is 0.377 e. The van der Waals surface area contributed by atoms with Crippen LogP contribution in [-0.2, 0) is 15.7 Å². The van der Waals surface area contributed by atoms with E-state index in [1.54, 1.807) is 11.9 Å². The largest absolute Gasteiger partial charge is 0.417 e. The van der Waals surface area contributed by atoms with Gasteiger partial charge in [-0.05, 0) is 44.5 Å². The van der Waals surface area contributed by atoms with Crippen molar-refractivity contribution in [2.45, 2.75) is 31.5 Å². The van der Waals surface area contributed by atoms with Gasteiger partial charge in [-0.3, -0.25) is 9.69 Å². The lowest BCUT2D eigenvalue weighted by Gasteiger charge is -2.27. The van der Waals surface area contributed by atoms with Crippen molar-refractivity contribution in [3.05, 3.63) is 28.8 Å². The van der Waals surface area contributed by atoms with E-state index < -0.39 is 16.8 Å². The quantitative estimate of drug-likeness (QED) is 0.864. The van der Waals surface area contributed by atoms with Crippen molar-refractivity contribution in [2.75, 3.05) is 32.1 Å². The van der Waals surface area contributed by atoms with Crippen molar-refractivity contribution in [1.29, 1.82) is 0 Å². The summed E-state index contributed by atoms with van der Waals surface area (Å²) in [6.45, 7) is 1.42. The van der Waals surface area contributed by atoms with E-state index in [1.165, 1.54) is 6.07 Å². The number of alkyl halides is 3. The van der Waals surface area contributed by atoms with Crippen molar-refractivity contribution in [3.63, 3.8) is 0 Å². The number of nitrogens with one attached hydrogen (secondary N) is 1. The fraction of sp³-hybridized carbons (Fsp3) is 0.562. The van der Waals surface area contributed by atoms with Crippen molar-refractivity contribution in [3.8, 4) is 0 Å². The van der Waals surface area contributed by atoms with Gasteiger partial charge >= 0.3 is 6.18 Å². The molecule has 1 aromatic carbocycles. The Morgan fingerprint density at radius 2 is 2.17 bits per heavy atom. The molecule has 1 fully saturated rings. The van der Waals surface area contributed by atoms with Crippen molar-refractivity contribution < 1.29 is 22.7 Å². The minimum atomic E-state index is -4.56. The Morgan fingerprint density at radius 3 is 2.79 bits per heavy atom. The third-order valence-corrected chi connectivity index (χ3v) is 4.09. The van der Waals surface area contributed by atoms with Crippen LogP contribution in [0.25, 0.3) is 0 Å². The predicted molar refractivity (Wildman–Crippen MR) is 86.2 cm³/mol. The monoisotopic (exact) mass is 364 g/mol. The topological polar surface area (TPSA) is 41.6 Å². The van der Waals surface area contributed by atoms with Gasteiger partial charge in [-0.15, -0.1) is 0 Å². The average molecular weight is 365 g/mol. The number of amides is 1. The molecule has 0 bridgehead atoms. The van der Waals surface area contributed by atoms with Gasteiger partial charge in [0.05, 0.1) is 23.2 Å². The molecular formula is C16H20ClF3N2O2. The third kappa shape index (κ3) is 5.65. The van der Waals surface area contributed by atoms with E-state index in [9.17, 15) is 18.0 Å². The maximum atomic E-state index is 12.8. The van der Waals surface area contributed by atoms with E-state index in [0.717, 1.165) is 38.0 Å². The fourth-order valence-electron chi connectivity index (χ4n) is 2.63. The molecule has 0 radical (unpaired) electrons. The number of likely N-dealkylation sites (N-methyl/N-ethyl adjacent to an activating group) is 1. The molecule has 1 atom stereocenters. The summed E-state index contributed by atoms with van der Waals surface area (Å²) in [6.07, 6.45) is -1.34. The summed E-state index contributed by atoms with van der Waals surface area (Å²) >= 11 is 5.56. The summed E-state index contributed by atoms with van der Waals surface area (Å²) in [5.74, 6) is -0.385. The number of hydrogen-bond acceptors (Lipinski definition) is 3. The van der Waals surface area contributed by atoms with Crippen LogP contribution in [0.5, 0.6) is 0 Å². The maximum Gasteiger partial charge on any atom is 0.417 e. The first kappa shape index (κ1) is 19.0. The lowest BCUT2D eigenvalue weighted by Crippen LogP contribution is -2.37. The van der Waals surface area contributed by atoms with Crippen LogP contribution in [-0.4, -0.2) is 43.7 Å². The molecule has 1 unspecified atom stereocenters. The SMILES string of the molecule is CN(CC(=O)Nc1ccc(Cl)c(C(F)(F)F)c1)CC1CCCCO1. The van der Waals surface area contributed by atoms with Crippen LogP contribution in [0, 0.1) is 0 Å². The number of carbonyl (C=O) groups excluding carboxylic acids is 1. The highest BCUT2D eigenvalue weighted by atomic mass is 35.5. The molecule has 0 saturated carbocycles. The Balaban J connectivity index is 1.89. The van der Waals surface area contributed by atoms with E-state index in [-0.39, 0.29) is 24.2 Å². The summed E-state index contributed by atoms with van der Waals surface area (Å²) in [4.78, 5) is 13.8.